The van der Waals surface area contributed by atoms with Crippen LogP contribution in [0.2, 0.25) is 0 Å². The zero-order valence-corrected chi connectivity index (χ0v) is 5.98. The van der Waals surface area contributed by atoms with Crippen molar-refractivity contribution >= 4 is 18.1 Å². The van der Waals surface area contributed by atoms with Crippen molar-refractivity contribution in [3.05, 3.63) is 0 Å². The Kier molecular flexibility index (Phi) is 1.21. The van der Waals surface area contributed by atoms with Crippen LogP contribution in [0.5, 0.6) is 0 Å². The summed E-state index contributed by atoms with van der Waals surface area (Å²) in [6.45, 7) is 0. The number of hydrogen-bond donors (Lipinski definition) is 4. The number of nitrogens with zero attached hydrogens (tertiary/aromatic N) is 2. The molecule has 0 aromatic carbocycles. The summed E-state index contributed by atoms with van der Waals surface area (Å²) >= 11 is 0. The Bertz CT molecular complexity index is 298. The van der Waals surface area contributed by atoms with E-state index < -0.39 is 17.9 Å². The summed E-state index contributed by atoms with van der Waals surface area (Å²) in [6, 6.07) is 0. The average Bonchev–Trinajstić information content (AvgIpc) is 2.33. The van der Waals surface area contributed by atoms with Gasteiger partial charge in [0.05, 0.1) is 6.34 Å². The van der Waals surface area contributed by atoms with Crippen molar-refractivity contribution in [2.45, 2.75) is 12.0 Å². The largest absolute Gasteiger partial charge is 0.357 e. The van der Waals surface area contributed by atoms with Crippen molar-refractivity contribution in [1.82, 2.24) is 10.6 Å². The summed E-state index contributed by atoms with van der Waals surface area (Å²) in [7, 11) is 0. The Morgan fingerprint density at radius 1 is 1.75 bits per heavy atom. The Morgan fingerprint density at radius 3 is 3.25 bits per heavy atom. The summed E-state index contributed by atoms with van der Waals surface area (Å²) in [6.07, 6.45) is 0.376. The van der Waals surface area contributed by atoms with Crippen LogP contribution in [0.15, 0.2) is 9.98 Å². The molecule has 2 unspecified atom stereocenters. The maximum Gasteiger partial charge on any atom is 0.284 e. The van der Waals surface area contributed by atoms with Crippen LogP contribution in [0, 0.1) is 0 Å². The monoisotopic (exact) mass is 169 g/mol. The SMILES string of the molecule is NC1N=C2N=CNC2(O)C(=O)N1. The van der Waals surface area contributed by atoms with Crippen molar-refractivity contribution < 1.29 is 9.90 Å². The van der Waals surface area contributed by atoms with Crippen molar-refractivity contribution in [1.29, 1.82) is 0 Å². The number of nitrogens with two attached hydrogens (primary N) is 1. The normalized spacial score (nSPS) is 38.3. The van der Waals surface area contributed by atoms with Crippen molar-refractivity contribution in [2.75, 3.05) is 0 Å². The van der Waals surface area contributed by atoms with Crippen LogP contribution in [0.25, 0.3) is 0 Å². The van der Waals surface area contributed by atoms with Crippen LogP contribution < -0.4 is 16.4 Å². The minimum Gasteiger partial charge on any atom is -0.357 e. The lowest BCUT2D eigenvalue weighted by Crippen LogP contribution is -2.64. The van der Waals surface area contributed by atoms with E-state index in [0.29, 0.717) is 0 Å². The number of rotatable bonds is 0. The lowest BCUT2D eigenvalue weighted by molar-refractivity contribution is -0.135. The molecule has 0 bridgehead atoms. The smallest absolute Gasteiger partial charge is 0.284 e. The molecule has 12 heavy (non-hydrogen) atoms. The van der Waals surface area contributed by atoms with Crippen LogP contribution in [-0.2, 0) is 4.79 Å². The zero-order valence-electron chi connectivity index (χ0n) is 5.98. The number of aliphatic hydroxyl groups is 1. The van der Waals surface area contributed by atoms with Crippen LogP contribution in [0.4, 0.5) is 0 Å². The number of amidine groups is 1. The first kappa shape index (κ1) is 7.19. The van der Waals surface area contributed by atoms with Gasteiger partial charge in [0.2, 0.25) is 0 Å². The summed E-state index contributed by atoms with van der Waals surface area (Å²) in [5.74, 6) is -0.642. The second-order valence-corrected chi connectivity index (χ2v) is 2.48. The van der Waals surface area contributed by atoms with E-state index in [2.05, 4.69) is 20.6 Å². The maximum atomic E-state index is 11.1. The molecule has 7 heteroatoms. The molecule has 0 aliphatic carbocycles. The molecule has 0 saturated carbocycles. The Labute approximate surface area is 67.4 Å². The van der Waals surface area contributed by atoms with Crippen molar-refractivity contribution in [3.8, 4) is 0 Å². The fourth-order valence-corrected chi connectivity index (χ4v) is 1.04. The van der Waals surface area contributed by atoms with Gasteiger partial charge in [0.1, 0.15) is 0 Å². The van der Waals surface area contributed by atoms with Gasteiger partial charge >= 0.3 is 0 Å². The molecule has 2 heterocycles. The van der Waals surface area contributed by atoms with Gasteiger partial charge in [-0.1, -0.05) is 0 Å². The molecular weight excluding hydrogens is 162 g/mol. The van der Waals surface area contributed by atoms with Gasteiger partial charge in [0.15, 0.2) is 12.1 Å². The lowest BCUT2D eigenvalue weighted by Gasteiger charge is -2.27. The number of carbonyl (C=O) groups is 1. The molecule has 0 fully saturated rings. The fourth-order valence-electron chi connectivity index (χ4n) is 1.04. The Hall–Kier alpha value is -1.47. The van der Waals surface area contributed by atoms with E-state index in [0.717, 1.165) is 0 Å². The van der Waals surface area contributed by atoms with E-state index in [4.69, 9.17) is 5.73 Å². The first-order chi connectivity index (χ1) is 5.63. The summed E-state index contributed by atoms with van der Waals surface area (Å²) in [4.78, 5) is 18.5. The number of aliphatic imine (C=N–C) groups is 2. The van der Waals surface area contributed by atoms with E-state index in [9.17, 15) is 9.90 Å². The summed E-state index contributed by atoms with van der Waals surface area (Å²) in [5, 5.41) is 14.2. The second kappa shape index (κ2) is 2.02. The number of nitrogens with one attached hydrogen (secondary N) is 2. The summed E-state index contributed by atoms with van der Waals surface area (Å²) in [5.41, 5.74) is 3.48. The molecule has 2 atom stereocenters. The van der Waals surface area contributed by atoms with E-state index in [1.807, 2.05) is 0 Å². The molecule has 5 N–H and O–H groups in total. The highest BCUT2D eigenvalue weighted by Gasteiger charge is 2.47. The number of amides is 1. The first-order valence-electron chi connectivity index (χ1n) is 3.30. The third-order valence-electron chi connectivity index (χ3n) is 1.65. The van der Waals surface area contributed by atoms with Gasteiger partial charge in [0.25, 0.3) is 11.6 Å². The molecule has 0 spiro atoms. The minimum atomic E-state index is -1.82. The molecule has 2 aliphatic heterocycles. The lowest BCUT2D eigenvalue weighted by atomic mass is 10.1. The zero-order chi connectivity index (χ0) is 8.77. The molecule has 7 nitrogen and oxygen atoms in total. The summed E-state index contributed by atoms with van der Waals surface area (Å²) < 4.78 is 0. The highest BCUT2D eigenvalue weighted by atomic mass is 16.3. The Morgan fingerprint density at radius 2 is 2.50 bits per heavy atom. The van der Waals surface area contributed by atoms with Crippen LogP contribution in [0.1, 0.15) is 0 Å². The standard InChI is InChI=1S/C5H7N5O2/c6-4-9-2-5(12,3(11)10-4)8-1-7-2/h1,4,12H,6H2,(H,10,11)(H,7,8,9). The van der Waals surface area contributed by atoms with Gasteiger partial charge in [0, 0.05) is 0 Å². The first-order valence-corrected chi connectivity index (χ1v) is 3.30. The molecule has 1 amide bonds. The van der Waals surface area contributed by atoms with Gasteiger partial charge in [-0.25, -0.2) is 9.98 Å². The molecule has 0 aromatic rings. The number of fused-ring (bicyclic) bond motifs is 1. The molecule has 64 valence electrons. The molecule has 2 rings (SSSR count). The Balaban J connectivity index is 2.44. The molecule has 0 aromatic heterocycles. The molecule has 0 radical (unpaired) electrons. The van der Waals surface area contributed by atoms with Gasteiger partial charge in [-0.15, -0.1) is 0 Å². The molecular formula is C5H7N5O2. The van der Waals surface area contributed by atoms with Gasteiger partial charge in [-0.3, -0.25) is 10.5 Å². The van der Waals surface area contributed by atoms with E-state index in [1.165, 1.54) is 6.34 Å². The third kappa shape index (κ3) is 0.742. The van der Waals surface area contributed by atoms with Crippen molar-refractivity contribution in [3.63, 3.8) is 0 Å². The maximum absolute atomic E-state index is 11.1. The third-order valence-corrected chi connectivity index (χ3v) is 1.65. The van der Waals surface area contributed by atoms with Crippen LogP contribution in [0.3, 0.4) is 0 Å². The minimum absolute atomic E-state index is 0.00116. The fraction of sp³-hybridized carbons (Fsp3) is 0.400. The van der Waals surface area contributed by atoms with Gasteiger partial charge in [-0.05, 0) is 0 Å². The highest BCUT2D eigenvalue weighted by Crippen LogP contribution is 2.13. The van der Waals surface area contributed by atoms with Gasteiger partial charge < -0.3 is 15.7 Å². The van der Waals surface area contributed by atoms with Crippen LogP contribution >= 0.6 is 0 Å². The average molecular weight is 169 g/mol. The second-order valence-electron chi connectivity index (χ2n) is 2.48. The number of carbonyl (C=O) groups excluding carboxylic acids is 1. The predicted octanol–water partition coefficient (Wildman–Crippen LogP) is -2.92. The van der Waals surface area contributed by atoms with E-state index in [1.54, 1.807) is 0 Å². The van der Waals surface area contributed by atoms with Crippen molar-refractivity contribution in [2.24, 2.45) is 15.7 Å². The van der Waals surface area contributed by atoms with E-state index in [-0.39, 0.29) is 5.84 Å². The highest BCUT2D eigenvalue weighted by molar-refractivity contribution is 6.17. The van der Waals surface area contributed by atoms with E-state index >= 15 is 0 Å². The van der Waals surface area contributed by atoms with Gasteiger partial charge in [-0.2, -0.15) is 0 Å². The quantitative estimate of drug-likeness (QED) is 0.311. The number of hydrogen-bond acceptors (Lipinski definition) is 6. The predicted molar refractivity (Wildman–Crippen MR) is 40.1 cm³/mol. The topological polar surface area (TPSA) is 112 Å². The molecule has 0 saturated heterocycles. The van der Waals surface area contributed by atoms with Crippen LogP contribution in [-0.4, -0.2) is 35.2 Å². The molecule has 2 aliphatic rings.